The first kappa shape index (κ1) is 50.6. The Balaban J connectivity index is 0.000000789. The Morgan fingerprint density at radius 1 is 0.712 bits per heavy atom. The molecule has 0 aromatic heterocycles. The van der Waals surface area contributed by atoms with Gasteiger partial charge in [-0.3, -0.25) is 0 Å². The van der Waals surface area contributed by atoms with Gasteiger partial charge in [-0.1, -0.05) is 46.6 Å². The van der Waals surface area contributed by atoms with Gasteiger partial charge in [-0.15, -0.1) is 0 Å². The molecule has 0 spiro atoms. The summed E-state index contributed by atoms with van der Waals surface area (Å²) in [5, 5.41) is 0.971. The molecule has 2 aromatic carbocycles. The maximum absolute atomic E-state index is 12.1. The molecule has 2 aromatic rings. The van der Waals surface area contributed by atoms with Crippen LogP contribution in [0, 0.1) is 6.42 Å². The van der Waals surface area contributed by atoms with Crippen LogP contribution in [0.4, 0.5) is 9.59 Å². The maximum atomic E-state index is 12.1. The predicted octanol–water partition coefficient (Wildman–Crippen LogP) is 11.3. The molecule has 2 aliphatic rings. The summed E-state index contributed by atoms with van der Waals surface area (Å²) < 4.78 is 32.3. The Morgan fingerprint density at radius 3 is 1.37 bits per heavy atom. The molecule has 0 saturated carbocycles. The molecule has 0 unspecified atom stereocenters. The van der Waals surface area contributed by atoms with Crippen LogP contribution in [0.25, 0.3) is 0 Å². The summed E-state index contributed by atoms with van der Waals surface area (Å²) in [6.07, 6.45) is 5.49. The number of nitrogens with zero attached hydrogens (tertiary/aromatic N) is 2. The molecular weight excluding hydrogens is 944 g/mol. The van der Waals surface area contributed by atoms with Crippen molar-refractivity contribution in [1.82, 2.24) is 9.80 Å². The number of ether oxygens (including phenoxy) is 6. The third-order valence-electron chi connectivity index (χ3n) is 7.35. The quantitative estimate of drug-likeness (QED) is 0.166. The van der Waals surface area contributed by atoms with E-state index in [-0.39, 0.29) is 25.2 Å². The molecular formula is C37H56BrCl2IN2O8Zn. The van der Waals surface area contributed by atoms with Crippen LogP contribution in [0.1, 0.15) is 86.1 Å². The van der Waals surface area contributed by atoms with Crippen molar-refractivity contribution < 1.29 is 52.8 Å². The standard InChI is InChI=1S/C18H26ClNO4.C10H18NO2.C8H8BrClO2.CH4.HI.Zn/c1-18(2,3)24-17(21)20-8-6-12(7-9-20)13-10-14(22-4)16(19)15(11-13)23-5;1-10(2,3)13-9(12)11-7-5-4-6-8-11;1-11-6-3-5(9)4-7(12-2)8(6)10;;;/h10-12H,6-9H2,1-5H3;4H,5-8H2,1-3H3;3-4H,1-2H3;1H4;1H;/q;-1;;;;+2/p-1. The van der Waals surface area contributed by atoms with Gasteiger partial charge in [-0.2, -0.15) is 12.8 Å². The summed E-state index contributed by atoms with van der Waals surface area (Å²) in [4.78, 5) is 27.2. The fourth-order valence-corrected chi connectivity index (χ4v) is 5.89. The summed E-state index contributed by atoms with van der Waals surface area (Å²) in [6, 6.07) is 7.48. The summed E-state index contributed by atoms with van der Waals surface area (Å²) >= 11 is 19.1. The number of rotatable bonds is 5. The summed E-state index contributed by atoms with van der Waals surface area (Å²) in [5.41, 5.74) is 0.278. The molecule has 0 N–H and O–H groups in total. The van der Waals surface area contributed by atoms with Crippen molar-refractivity contribution in [2.75, 3.05) is 54.6 Å². The minimum atomic E-state index is -0.467. The SMILES string of the molecule is C.CC(C)(C)OC(=O)N1CC[CH-]CC1.COc1cc(Br)cc(OC)c1Cl.COc1cc(C2CCN(C(=O)OC(C)(C)C)CC2)cc(OC)c1Cl.[Zn+][I]. The van der Waals surface area contributed by atoms with Gasteiger partial charge in [0.1, 0.15) is 44.2 Å². The molecule has 0 aliphatic carbocycles. The van der Waals surface area contributed by atoms with Gasteiger partial charge in [-0.05, 0) is 103 Å². The van der Waals surface area contributed by atoms with E-state index in [1.165, 1.54) is 14.8 Å². The Kier molecular flexibility index (Phi) is 24.2. The number of halogens is 4. The molecule has 10 nitrogen and oxygen atoms in total. The monoisotopic (exact) mass is 996 g/mol. The van der Waals surface area contributed by atoms with Crippen LogP contribution < -0.4 is 18.9 Å². The molecule has 2 saturated heterocycles. The number of hydrogen-bond acceptors (Lipinski definition) is 8. The first-order valence-corrected chi connectivity index (χ1v) is 27.0. The molecule has 2 fully saturated rings. The van der Waals surface area contributed by atoms with Crippen molar-refractivity contribution in [2.24, 2.45) is 0 Å². The molecule has 52 heavy (non-hydrogen) atoms. The molecule has 2 heterocycles. The molecule has 292 valence electrons. The number of hydrogen-bond donors (Lipinski definition) is 0. The second kappa shape index (κ2) is 24.9. The molecule has 15 heteroatoms. The Bertz CT molecular complexity index is 1330. The zero-order chi connectivity index (χ0) is 38.9. The fraction of sp³-hybridized carbons (Fsp3) is 0.595. The van der Waals surface area contributed by atoms with Gasteiger partial charge in [0.25, 0.3) is 0 Å². The van der Waals surface area contributed by atoms with E-state index in [1.807, 2.05) is 53.7 Å². The normalized spacial score (nSPS) is 14.4. The first-order valence-electron chi connectivity index (χ1n) is 16.5. The Hall–Kier alpha value is -1.41. The van der Waals surface area contributed by atoms with E-state index in [2.05, 4.69) is 42.1 Å². The van der Waals surface area contributed by atoms with Crippen molar-refractivity contribution in [3.63, 3.8) is 0 Å². The van der Waals surface area contributed by atoms with E-state index in [4.69, 9.17) is 51.6 Å². The van der Waals surface area contributed by atoms with Crippen LogP contribution in [0.2, 0.25) is 10.0 Å². The second-order valence-electron chi connectivity index (χ2n) is 13.4. The minimum absolute atomic E-state index is 0. The van der Waals surface area contributed by atoms with Crippen LogP contribution >= 0.6 is 58.9 Å². The van der Waals surface area contributed by atoms with Gasteiger partial charge < -0.3 is 44.6 Å². The second-order valence-corrected chi connectivity index (χ2v) is 15.1. The molecule has 2 amide bonds. The third kappa shape index (κ3) is 17.8. The summed E-state index contributed by atoms with van der Waals surface area (Å²) in [7, 11) is 6.31. The van der Waals surface area contributed by atoms with Crippen LogP contribution in [-0.4, -0.2) is 87.8 Å². The zero-order valence-electron chi connectivity index (χ0n) is 31.5. The fourth-order valence-electron chi connectivity index (χ4n) is 4.94. The number of piperidine rings is 2. The van der Waals surface area contributed by atoms with Gasteiger partial charge in [0.15, 0.2) is 0 Å². The number of carbonyl (C=O) groups excluding carboxylic acids is 2. The molecule has 0 radical (unpaired) electrons. The van der Waals surface area contributed by atoms with Crippen LogP contribution in [0.3, 0.4) is 0 Å². The van der Waals surface area contributed by atoms with Crippen LogP contribution in [-0.2, 0) is 24.3 Å². The average Bonchev–Trinajstić information content (AvgIpc) is 3.09. The number of benzene rings is 2. The topological polar surface area (TPSA) is 96.0 Å². The van der Waals surface area contributed by atoms with Crippen LogP contribution in [0.5, 0.6) is 23.0 Å². The average molecular weight is 1000 g/mol. The first-order chi connectivity index (χ1) is 23.9. The number of amides is 2. The van der Waals surface area contributed by atoms with Crippen molar-refractivity contribution in [3.8, 4) is 23.0 Å². The van der Waals surface area contributed by atoms with Gasteiger partial charge in [0.05, 0.1) is 28.4 Å². The Labute approximate surface area is 351 Å². The predicted molar refractivity (Wildman–Crippen MR) is 219 cm³/mol. The van der Waals surface area contributed by atoms with Crippen molar-refractivity contribution in [3.05, 3.63) is 50.8 Å². The molecule has 0 atom stereocenters. The van der Waals surface area contributed by atoms with Gasteiger partial charge in [0, 0.05) is 17.6 Å². The van der Waals surface area contributed by atoms with E-state index in [1.54, 1.807) is 50.4 Å². The van der Waals surface area contributed by atoms with Crippen molar-refractivity contribution in [2.45, 2.75) is 91.8 Å². The van der Waals surface area contributed by atoms with Crippen molar-refractivity contribution >= 4 is 71.1 Å². The molecule has 2 aliphatic heterocycles. The number of likely N-dealkylation sites (tertiary alicyclic amines) is 2. The number of carbonyl (C=O) groups is 2. The summed E-state index contributed by atoms with van der Waals surface area (Å²) in [6.45, 7) is 14.3. The van der Waals surface area contributed by atoms with Crippen LogP contribution in [0.15, 0.2) is 28.7 Å². The number of methoxy groups -OCH3 is 4. The van der Waals surface area contributed by atoms with E-state index >= 15 is 0 Å². The van der Waals surface area contributed by atoms with E-state index < -0.39 is 5.60 Å². The van der Waals surface area contributed by atoms with Gasteiger partial charge >= 0.3 is 46.7 Å². The third-order valence-corrected chi connectivity index (χ3v) is 8.56. The summed E-state index contributed by atoms with van der Waals surface area (Å²) in [5.74, 6) is 2.76. The van der Waals surface area contributed by atoms with Gasteiger partial charge in [0.2, 0.25) is 0 Å². The molecule has 0 bridgehead atoms. The van der Waals surface area contributed by atoms with E-state index in [9.17, 15) is 9.59 Å². The Morgan fingerprint density at radius 2 is 1.04 bits per heavy atom. The zero-order valence-corrected chi connectivity index (χ0v) is 39.7. The van der Waals surface area contributed by atoms with Crippen molar-refractivity contribution in [1.29, 1.82) is 0 Å². The molecule has 4 rings (SSSR count). The van der Waals surface area contributed by atoms with E-state index in [0.29, 0.717) is 52.1 Å². The van der Waals surface area contributed by atoms with E-state index in [0.717, 1.165) is 48.8 Å². The van der Waals surface area contributed by atoms with Gasteiger partial charge in [-0.25, -0.2) is 9.59 Å².